The number of aryl methyl sites for hydroxylation is 1. The topological polar surface area (TPSA) is 58.1 Å². The van der Waals surface area contributed by atoms with Crippen molar-refractivity contribution in [1.29, 1.82) is 0 Å². The summed E-state index contributed by atoms with van der Waals surface area (Å²) in [6.07, 6.45) is 0. The molecule has 0 radical (unpaired) electrons. The first kappa shape index (κ1) is 9.96. The summed E-state index contributed by atoms with van der Waals surface area (Å²) >= 11 is 0. The summed E-state index contributed by atoms with van der Waals surface area (Å²) in [5, 5.41) is 11.6. The molecule has 3 rings (SSSR count). The fourth-order valence-electron chi connectivity index (χ4n) is 2.12. The summed E-state index contributed by atoms with van der Waals surface area (Å²) in [6, 6.07) is 7.18. The molecule has 0 bridgehead atoms. The fraction of sp³-hybridized carbons (Fsp3) is 0.154. The number of pyridine rings is 1. The van der Waals surface area contributed by atoms with Crippen molar-refractivity contribution >= 4 is 21.8 Å². The molecule has 0 spiro atoms. The number of hydrogen-bond donors (Lipinski definition) is 2. The first-order valence-electron chi connectivity index (χ1n) is 5.35. The highest BCUT2D eigenvalue weighted by Crippen LogP contribution is 2.31. The van der Waals surface area contributed by atoms with Crippen LogP contribution in [0.4, 0.5) is 0 Å². The van der Waals surface area contributed by atoms with Crippen LogP contribution >= 0.6 is 0 Å². The van der Waals surface area contributed by atoms with Gasteiger partial charge in [0.1, 0.15) is 5.75 Å². The molecule has 2 aromatic heterocycles. The average molecular weight is 228 g/mol. The van der Waals surface area contributed by atoms with Gasteiger partial charge in [0.05, 0.1) is 23.8 Å². The number of nitrogens with one attached hydrogen (secondary N) is 1. The van der Waals surface area contributed by atoms with E-state index in [0.29, 0.717) is 5.88 Å². The number of hydrogen-bond acceptors (Lipinski definition) is 3. The summed E-state index contributed by atoms with van der Waals surface area (Å²) in [5.74, 6) is 0.852. The molecule has 0 atom stereocenters. The maximum Gasteiger partial charge on any atom is 0.213 e. The van der Waals surface area contributed by atoms with E-state index in [9.17, 15) is 5.11 Å². The SMILES string of the molecule is COc1cc2c([nH]c3cc(O)ccc32)c(C)n1. The smallest absolute Gasteiger partial charge is 0.213 e. The lowest BCUT2D eigenvalue weighted by Crippen LogP contribution is -1.90. The summed E-state index contributed by atoms with van der Waals surface area (Å²) < 4.78 is 5.17. The molecule has 0 aliphatic rings. The molecule has 3 aromatic rings. The second kappa shape index (κ2) is 3.38. The molecule has 0 fully saturated rings. The Morgan fingerprint density at radius 2 is 2.06 bits per heavy atom. The van der Waals surface area contributed by atoms with E-state index in [2.05, 4.69) is 9.97 Å². The van der Waals surface area contributed by atoms with E-state index in [-0.39, 0.29) is 5.75 Å². The molecule has 0 saturated carbocycles. The predicted octanol–water partition coefficient (Wildman–Crippen LogP) is 2.74. The Balaban J connectivity index is 2.47. The van der Waals surface area contributed by atoms with Crippen molar-refractivity contribution in [3.63, 3.8) is 0 Å². The van der Waals surface area contributed by atoms with E-state index in [0.717, 1.165) is 27.5 Å². The Labute approximate surface area is 97.9 Å². The van der Waals surface area contributed by atoms with Crippen molar-refractivity contribution in [3.8, 4) is 11.6 Å². The molecule has 4 nitrogen and oxygen atoms in total. The molecule has 2 N–H and O–H groups in total. The largest absolute Gasteiger partial charge is 0.508 e. The minimum Gasteiger partial charge on any atom is -0.508 e. The summed E-state index contributed by atoms with van der Waals surface area (Å²) in [5.41, 5.74) is 2.76. The van der Waals surface area contributed by atoms with Crippen LogP contribution in [0.3, 0.4) is 0 Å². The van der Waals surface area contributed by atoms with Gasteiger partial charge in [0, 0.05) is 22.9 Å². The summed E-state index contributed by atoms with van der Waals surface area (Å²) in [4.78, 5) is 7.58. The van der Waals surface area contributed by atoms with Gasteiger partial charge in [-0.15, -0.1) is 0 Å². The number of aromatic hydroxyl groups is 1. The Hall–Kier alpha value is -2.23. The van der Waals surface area contributed by atoms with Crippen LogP contribution in [0.15, 0.2) is 24.3 Å². The normalized spacial score (nSPS) is 11.2. The lowest BCUT2D eigenvalue weighted by atomic mass is 10.1. The number of aromatic nitrogens is 2. The van der Waals surface area contributed by atoms with E-state index in [1.165, 1.54) is 0 Å². The fourth-order valence-corrected chi connectivity index (χ4v) is 2.12. The second-order valence-electron chi connectivity index (χ2n) is 4.03. The molecular formula is C13H12N2O2. The molecule has 0 unspecified atom stereocenters. The van der Waals surface area contributed by atoms with E-state index in [1.54, 1.807) is 19.2 Å². The van der Waals surface area contributed by atoms with E-state index in [1.807, 2.05) is 19.1 Å². The molecular weight excluding hydrogens is 216 g/mol. The van der Waals surface area contributed by atoms with Gasteiger partial charge in [-0.25, -0.2) is 4.98 Å². The number of benzene rings is 1. The van der Waals surface area contributed by atoms with Gasteiger partial charge < -0.3 is 14.8 Å². The minimum atomic E-state index is 0.252. The number of methoxy groups -OCH3 is 1. The van der Waals surface area contributed by atoms with E-state index in [4.69, 9.17) is 4.74 Å². The van der Waals surface area contributed by atoms with Crippen molar-refractivity contribution in [1.82, 2.24) is 9.97 Å². The Kier molecular flexibility index (Phi) is 1.98. The minimum absolute atomic E-state index is 0.252. The molecule has 86 valence electrons. The standard InChI is InChI=1S/C13H12N2O2/c1-7-13-10(6-12(14-7)17-2)9-4-3-8(16)5-11(9)15-13/h3-6,15-16H,1-2H3. The van der Waals surface area contributed by atoms with Crippen LogP contribution in [0.5, 0.6) is 11.6 Å². The van der Waals surface area contributed by atoms with Crippen molar-refractivity contribution in [3.05, 3.63) is 30.0 Å². The number of rotatable bonds is 1. The Morgan fingerprint density at radius 1 is 1.24 bits per heavy atom. The quantitative estimate of drug-likeness (QED) is 0.673. The Morgan fingerprint density at radius 3 is 2.82 bits per heavy atom. The van der Waals surface area contributed by atoms with Crippen LogP contribution in [0.25, 0.3) is 21.8 Å². The maximum atomic E-state index is 9.47. The summed E-state index contributed by atoms with van der Waals surface area (Å²) in [6.45, 7) is 1.93. The van der Waals surface area contributed by atoms with Crippen molar-refractivity contribution in [2.45, 2.75) is 6.92 Å². The van der Waals surface area contributed by atoms with Crippen LogP contribution in [0.1, 0.15) is 5.69 Å². The van der Waals surface area contributed by atoms with Gasteiger partial charge in [0.2, 0.25) is 5.88 Å². The number of aromatic amines is 1. The van der Waals surface area contributed by atoms with Gasteiger partial charge in [-0.3, -0.25) is 0 Å². The zero-order valence-electron chi connectivity index (χ0n) is 9.61. The zero-order valence-corrected chi connectivity index (χ0v) is 9.61. The number of nitrogens with zero attached hydrogens (tertiary/aromatic N) is 1. The molecule has 0 aliphatic heterocycles. The highest BCUT2D eigenvalue weighted by atomic mass is 16.5. The van der Waals surface area contributed by atoms with E-state index >= 15 is 0 Å². The number of phenolic OH excluding ortho intramolecular Hbond substituents is 1. The molecule has 17 heavy (non-hydrogen) atoms. The average Bonchev–Trinajstić information content (AvgIpc) is 2.67. The molecule has 4 heteroatoms. The number of fused-ring (bicyclic) bond motifs is 3. The monoisotopic (exact) mass is 228 g/mol. The van der Waals surface area contributed by atoms with Gasteiger partial charge >= 0.3 is 0 Å². The number of ether oxygens (including phenoxy) is 1. The third-order valence-corrected chi connectivity index (χ3v) is 2.94. The van der Waals surface area contributed by atoms with Gasteiger partial charge in [0.25, 0.3) is 0 Å². The van der Waals surface area contributed by atoms with Gasteiger partial charge in [-0.2, -0.15) is 0 Å². The maximum absolute atomic E-state index is 9.47. The third kappa shape index (κ3) is 1.41. The van der Waals surface area contributed by atoms with Crippen LogP contribution < -0.4 is 4.74 Å². The molecule has 1 aromatic carbocycles. The van der Waals surface area contributed by atoms with E-state index < -0.39 is 0 Å². The van der Waals surface area contributed by atoms with Crippen molar-refractivity contribution in [2.75, 3.05) is 7.11 Å². The Bertz CT molecular complexity index is 716. The van der Waals surface area contributed by atoms with Gasteiger partial charge in [-0.1, -0.05) is 0 Å². The summed E-state index contributed by atoms with van der Waals surface area (Å²) in [7, 11) is 1.61. The number of H-pyrrole nitrogens is 1. The first-order chi connectivity index (χ1) is 8.19. The van der Waals surface area contributed by atoms with Gasteiger partial charge in [0.15, 0.2) is 0 Å². The van der Waals surface area contributed by atoms with Crippen LogP contribution in [-0.2, 0) is 0 Å². The highest BCUT2D eigenvalue weighted by Gasteiger charge is 2.09. The van der Waals surface area contributed by atoms with Crippen LogP contribution in [0.2, 0.25) is 0 Å². The lowest BCUT2D eigenvalue weighted by Gasteiger charge is -2.01. The van der Waals surface area contributed by atoms with Crippen LogP contribution in [0, 0.1) is 6.92 Å². The first-order valence-corrected chi connectivity index (χ1v) is 5.35. The molecule has 0 aliphatic carbocycles. The van der Waals surface area contributed by atoms with Crippen molar-refractivity contribution in [2.24, 2.45) is 0 Å². The highest BCUT2D eigenvalue weighted by molar-refractivity contribution is 6.08. The lowest BCUT2D eigenvalue weighted by molar-refractivity contribution is 0.398. The third-order valence-electron chi connectivity index (χ3n) is 2.94. The molecule has 0 amide bonds. The van der Waals surface area contributed by atoms with Crippen LogP contribution in [-0.4, -0.2) is 22.2 Å². The van der Waals surface area contributed by atoms with Gasteiger partial charge in [-0.05, 0) is 19.1 Å². The molecule has 2 heterocycles. The molecule has 0 saturated heterocycles. The number of phenols is 1. The zero-order chi connectivity index (χ0) is 12.0. The second-order valence-corrected chi connectivity index (χ2v) is 4.03. The predicted molar refractivity (Wildman–Crippen MR) is 66.6 cm³/mol. The van der Waals surface area contributed by atoms with Crippen molar-refractivity contribution < 1.29 is 9.84 Å².